The second-order valence-corrected chi connectivity index (χ2v) is 7.08. The summed E-state index contributed by atoms with van der Waals surface area (Å²) in [6.45, 7) is 6.69. The van der Waals surface area contributed by atoms with E-state index < -0.39 is 43.2 Å². The molecular weight excluding hydrogens is 305 g/mol. The quantitative estimate of drug-likeness (QED) is 0.773. The number of carbonyl (C=O) groups is 1. The van der Waals surface area contributed by atoms with Crippen LogP contribution in [0.4, 0.5) is 8.78 Å². The predicted molar refractivity (Wildman–Crippen MR) is 80.8 cm³/mol. The van der Waals surface area contributed by atoms with Crippen LogP contribution in [0.3, 0.4) is 0 Å². The van der Waals surface area contributed by atoms with Crippen LogP contribution in [0.15, 0.2) is 18.3 Å². The maximum atomic E-state index is 12.8. The van der Waals surface area contributed by atoms with Gasteiger partial charge in [0, 0.05) is 11.7 Å². The van der Waals surface area contributed by atoms with Crippen molar-refractivity contribution in [3.8, 4) is 0 Å². The first kappa shape index (κ1) is 16.3. The first-order valence-electron chi connectivity index (χ1n) is 7.49. The third-order valence-corrected chi connectivity index (χ3v) is 4.66. The van der Waals surface area contributed by atoms with E-state index >= 15 is 0 Å². The number of nitrogens with zero attached hydrogens (tertiary/aromatic N) is 2. The minimum Gasteiger partial charge on any atom is -0.399 e. The topological polar surface area (TPSA) is 51.7 Å². The van der Waals surface area contributed by atoms with Gasteiger partial charge in [-0.3, -0.25) is 9.78 Å². The molecule has 8 heteroatoms. The summed E-state index contributed by atoms with van der Waals surface area (Å²) in [4.78, 5) is 17.2. The Bertz CT molecular complexity index is 610. The Morgan fingerprint density at radius 1 is 1.17 bits per heavy atom. The standard InChI is InChI=1S/C15H19BF2N2O3/c1-13(2)14(3,4)23-16(22-13)10-5-6-11(19-7-10)12(21)20-8-15(17,18)9-20/h5-7H,8-9H2,1-4H3. The summed E-state index contributed by atoms with van der Waals surface area (Å²) in [5.41, 5.74) is -0.0972. The molecule has 0 saturated carbocycles. The largest absolute Gasteiger partial charge is 0.496 e. The lowest BCUT2D eigenvalue weighted by Crippen LogP contribution is -2.58. The zero-order valence-corrected chi connectivity index (χ0v) is 13.6. The molecule has 3 rings (SSSR count). The molecule has 1 aromatic rings. The third kappa shape index (κ3) is 2.85. The van der Waals surface area contributed by atoms with Crippen LogP contribution >= 0.6 is 0 Å². The second kappa shape index (κ2) is 4.98. The lowest BCUT2D eigenvalue weighted by molar-refractivity contribution is -0.113. The molecule has 0 unspecified atom stereocenters. The molecule has 2 fully saturated rings. The number of hydrogen-bond acceptors (Lipinski definition) is 4. The summed E-state index contributed by atoms with van der Waals surface area (Å²) in [5, 5.41) is 0. The first-order chi connectivity index (χ1) is 10.5. The van der Waals surface area contributed by atoms with E-state index in [1.54, 1.807) is 6.07 Å². The summed E-state index contributed by atoms with van der Waals surface area (Å²) >= 11 is 0. The molecule has 0 radical (unpaired) electrons. The normalized spacial score (nSPS) is 24.4. The number of hydrogen-bond donors (Lipinski definition) is 0. The van der Waals surface area contributed by atoms with E-state index in [4.69, 9.17) is 9.31 Å². The van der Waals surface area contributed by atoms with E-state index in [9.17, 15) is 13.6 Å². The molecular formula is C15H19BF2N2O3. The van der Waals surface area contributed by atoms with Crippen molar-refractivity contribution in [2.45, 2.75) is 44.8 Å². The van der Waals surface area contributed by atoms with Crippen LogP contribution in [-0.2, 0) is 9.31 Å². The number of aromatic nitrogens is 1. The molecule has 1 amide bonds. The van der Waals surface area contributed by atoms with Gasteiger partial charge in [0.25, 0.3) is 11.8 Å². The lowest BCUT2D eigenvalue weighted by atomic mass is 9.80. The van der Waals surface area contributed by atoms with E-state index in [0.29, 0.717) is 5.46 Å². The van der Waals surface area contributed by atoms with Crippen molar-refractivity contribution in [1.82, 2.24) is 9.88 Å². The molecule has 23 heavy (non-hydrogen) atoms. The molecule has 5 nitrogen and oxygen atoms in total. The van der Waals surface area contributed by atoms with Gasteiger partial charge in [-0.05, 0) is 33.8 Å². The van der Waals surface area contributed by atoms with E-state index in [1.165, 1.54) is 12.3 Å². The van der Waals surface area contributed by atoms with Crippen molar-refractivity contribution in [2.24, 2.45) is 0 Å². The van der Waals surface area contributed by atoms with Crippen LogP contribution in [-0.4, -0.2) is 53.1 Å². The van der Waals surface area contributed by atoms with Crippen molar-refractivity contribution < 1.29 is 22.9 Å². The van der Waals surface area contributed by atoms with Crippen LogP contribution in [0.25, 0.3) is 0 Å². The molecule has 0 N–H and O–H groups in total. The molecule has 0 aromatic carbocycles. The average Bonchev–Trinajstić information content (AvgIpc) is 2.64. The third-order valence-electron chi connectivity index (χ3n) is 4.66. The molecule has 0 bridgehead atoms. The Morgan fingerprint density at radius 3 is 2.17 bits per heavy atom. The summed E-state index contributed by atoms with van der Waals surface area (Å²) < 4.78 is 37.5. The van der Waals surface area contributed by atoms with Gasteiger partial charge in [-0.15, -0.1) is 0 Å². The van der Waals surface area contributed by atoms with Gasteiger partial charge in [0.15, 0.2) is 0 Å². The Balaban J connectivity index is 1.70. The van der Waals surface area contributed by atoms with Crippen molar-refractivity contribution in [3.63, 3.8) is 0 Å². The fourth-order valence-electron chi connectivity index (χ4n) is 2.47. The highest BCUT2D eigenvalue weighted by Gasteiger charge is 2.52. The number of amides is 1. The highest BCUT2D eigenvalue weighted by Crippen LogP contribution is 2.36. The second-order valence-electron chi connectivity index (χ2n) is 7.08. The SMILES string of the molecule is CC1(C)OB(c2ccc(C(=O)N3CC(F)(F)C3)nc2)OC1(C)C. The number of likely N-dealkylation sites (tertiary alicyclic amines) is 1. The predicted octanol–water partition coefficient (Wildman–Crippen LogP) is 1.47. The smallest absolute Gasteiger partial charge is 0.399 e. The molecule has 0 atom stereocenters. The number of rotatable bonds is 2. The summed E-state index contributed by atoms with van der Waals surface area (Å²) in [6.07, 6.45) is 1.49. The van der Waals surface area contributed by atoms with Gasteiger partial charge in [-0.2, -0.15) is 0 Å². The summed E-state index contributed by atoms with van der Waals surface area (Å²) in [6, 6.07) is 3.19. The number of alkyl halides is 2. The van der Waals surface area contributed by atoms with Gasteiger partial charge in [0.2, 0.25) is 0 Å². The minimum absolute atomic E-state index is 0.140. The Morgan fingerprint density at radius 2 is 1.74 bits per heavy atom. The first-order valence-corrected chi connectivity index (χ1v) is 7.49. The van der Waals surface area contributed by atoms with Gasteiger partial charge in [-0.1, -0.05) is 6.07 Å². The van der Waals surface area contributed by atoms with Gasteiger partial charge in [0.1, 0.15) is 5.69 Å². The van der Waals surface area contributed by atoms with E-state index in [1.807, 2.05) is 27.7 Å². The molecule has 0 spiro atoms. The highest BCUT2D eigenvalue weighted by atomic mass is 19.3. The Hall–Kier alpha value is -1.54. The van der Waals surface area contributed by atoms with Crippen molar-refractivity contribution in [3.05, 3.63) is 24.0 Å². The minimum atomic E-state index is -2.78. The van der Waals surface area contributed by atoms with Gasteiger partial charge < -0.3 is 14.2 Å². The molecule has 124 valence electrons. The van der Waals surface area contributed by atoms with Crippen molar-refractivity contribution in [1.29, 1.82) is 0 Å². The van der Waals surface area contributed by atoms with Crippen molar-refractivity contribution >= 4 is 18.5 Å². The maximum Gasteiger partial charge on any atom is 0.496 e. The molecule has 3 heterocycles. The van der Waals surface area contributed by atoms with Crippen LogP contribution in [0, 0.1) is 0 Å². The van der Waals surface area contributed by atoms with E-state index in [2.05, 4.69) is 4.98 Å². The van der Waals surface area contributed by atoms with Crippen LogP contribution < -0.4 is 5.46 Å². The monoisotopic (exact) mass is 324 g/mol. The zero-order valence-electron chi connectivity index (χ0n) is 13.6. The van der Waals surface area contributed by atoms with Crippen molar-refractivity contribution in [2.75, 3.05) is 13.1 Å². The fraction of sp³-hybridized carbons (Fsp3) is 0.600. The zero-order chi connectivity index (χ0) is 17.0. The summed E-state index contributed by atoms with van der Waals surface area (Å²) in [7, 11) is -0.565. The van der Waals surface area contributed by atoms with Crippen LogP contribution in [0.2, 0.25) is 0 Å². The number of halogens is 2. The van der Waals surface area contributed by atoms with Crippen LogP contribution in [0.5, 0.6) is 0 Å². The maximum absolute atomic E-state index is 12.8. The average molecular weight is 324 g/mol. The molecule has 2 aliphatic rings. The fourth-order valence-corrected chi connectivity index (χ4v) is 2.47. The Labute approximate surface area is 134 Å². The van der Waals surface area contributed by atoms with Gasteiger partial charge >= 0.3 is 7.12 Å². The van der Waals surface area contributed by atoms with Gasteiger partial charge in [0.05, 0.1) is 24.3 Å². The van der Waals surface area contributed by atoms with Gasteiger partial charge in [-0.25, -0.2) is 8.78 Å². The van der Waals surface area contributed by atoms with E-state index in [-0.39, 0.29) is 5.69 Å². The highest BCUT2D eigenvalue weighted by molar-refractivity contribution is 6.62. The van der Waals surface area contributed by atoms with Crippen LogP contribution in [0.1, 0.15) is 38.2 Å². The Kier molecular flexibility index (Phi) is 3.53. The number of pyridine rings is 1. The summed E-state index contributed by atoms with van der Waals surface area (Å²) in [5.74, 6) is -3.27. The molecule has 2 saturated heterocycles. The molecule has 1 aromatic heterocycles. The number of carbonyl (C=O) groups excluding carboxylic acids is 1. The molecule has 2 aliphatic heterocycles. The lowest BCUT2D eigenvalue weighted by Gasteiger charge is -2.38. The van der Waals surface area contributed by atoms with E-state index in [0.717, 1.165) is 4.90 Å². The molecule has 0 aliphatic carbocycles.